The van der Waals surface area contributed by atoms with Crippen LogP contribution in [0.5, 0.6) is 0 Å². The number of rotatable bonds is 5. The van der Waals surface area contributed by atoms with Crippen molar-refractivity contribution >= 4 is 17.5 Å². The number of carbonyl (C=O) groups is 1. The molecule has 2 aromatic heterocycles. The predicted octanol–water partition coefficient (Wildman–Crippen LogP) is 0.733. The van der Waals surface area contributed by atoms with Gasteiger partial charge in [-0.3, -0.25) is 14.7 Å². The first-order valence-corrected chi connectivity index (χ1v) is 9.97. The van der Waals surface area contributed by atoms with Gasteiger partial charge >= 0.3 is 0 Å². The lowest BCUT2D eigenvalue weighted by atomic mass is 10.2. The molecule has 4 heterocycles. The van der Waals surface area contributed by atoms with Crippen LogP contribution in [-0.2, 0) is 4.79 Å². The average molecular weight is 381 g/mol. The fourth-order valence-electron chi connectivity index (χ4n) is 3.79. The first kappa shape index (κ1) is 18.6. The van der Waals surface area contributed by atoms with Crippen LogP contribution in [0.3, 0.4) is 0 Å². The fourth-order valence-corrected chi connectivity index (χ4v) is 3.79. The Kier molecular flexibility index (Phi) is 5.96. The van der Waals surface area contributed by atoms with Crippen molar-refractivity contribution in [2.24, 2.45) is 0 Å². The maximum Gasteiger partial charge on any atom is 0.223 e. The summed E-state index contributed by atoms with van der Waals surface area (Å²) in [6, 6.07) is 5.96. The minimum atomic E-state index is 0.261. The number of piperazine rings is 2. The molecule has 8 nitrogen and oxygen atoms in total. The highest BCUT2D eigenvalue weighted by atomic mass is 16.2. The second kappa shape index (κ2) is 8.97. The van der Waals surface area contributed by atoms with E-state index in [9.17, 15) is 4.79 Å². The number of nitrogens with zero attached hydrogens (tertiary/aromatic N) is 7. The van der Waals surface area contributed by atoms with Gasteiger partial charge in [0.15, 0.2) is 0 Å². The van der Waals surface area contributed by atoms with E-state index < -0.39 is 0 Å². The zero-order valence-electron chi connectivity index (χ0n) is 16.2. The van der Waals surface area contributed by atoms with Gasteiger partial charge in [-0.1, -0.05) is 6.07 Å². The summed E-state index contributed by atoms with van der Waals surface area (Å²) < 4.78 is 0. The molecule has 8 heteroatoms. The molecule has 2 fully saturated rings. The number of carbonyl (C=O) groups excluding carboxylic acids is 1. The molecular formula is C20H27N7O. The summed E-state index contributed by atoms with van der Waals surface area (Å²) in [7, 11) is 0. The lowest BCUT2D eigenvalue weighted by molar-refractivity contribution is -0.131. The van der Waals surface area contributed by atoms with Crippen molar-refractivity contribution in [2.75, 3.05) is 68.7 Å². The van der Waals surface area contributed by atoms with Crippen LogP contribution in [0.2, 0.25) is 0 Å². The molecule has 0 saturated carbocycles. The second-order valence-corrected chi connectivity index (χ2v) is 7.20. The number of anilines is 2. The molecule has 28 heavy (non-hydrogen) atoms. The Labute approximate surface area is 165 Å². The average Bonchev–Trinajstić information content (AvgIpc) is 2.79. The Hall–Kier alpha value is -2.74. The molecule has 0 atom stereocenters. The standard InChI is InChI=1S/C20H27N7O/c28-20(27-15-13-25(14-16-27)18-3-1-2-5-22-18)4-8-24-9-11-26(12-10-24)19-17-21-6-7-23-19/h1-3,5-7,17H,4,8-16H2. The highest BCUT2D eigenvalue weighted by Gasteiger charge is 2.23. The molecule has 4 rings (SSSR count). The Morgan fingerprint density at radius 3 is 2.21 bits per heavy atom. The van der Waals surface area contributed by atoms with E-state index in [2.05, 4.69) is 29.7 Å². The molecule has 0 bridgehead atoms. The second-order valence-electron chi connectivity index (χ2n) is 7.20. The van der Waals surface area contributed by atoms with E-state index in [0.717, 1.165) is 70.5 Å². The predicted molar refractivity (Wildman–Crippen MR) is 108 cm³/mol. The lowest BCUT2D eigenvalue weighted by Crippen LogP contribution is -2.50. The highest BCUT2D eigenvalue weighted by Crippen LogP contribution is 2.14. The zero-order valence-corrected chi connectivity index (χ0v) is 16.2. The SMILES string of the molecule is O=C(CCN1CCN(c2cnccn2)CC1)N1CCN(c2ccccn2)CC1. The van der Waals surface area contributed by atoms with Crippen LogP contribution in [0, 0.1) is 0 Å². The summed E-state index contributed by atoms with van der Waals surface area (Å²) >= 11 is 0. The quantitative estimate of drug-likeness (QED) is 0.756. The molecule has 0 unspecified atom stereocenters. The molecule has 0 aromatic carbocycles. The van der Waals surface area contributed by atoms with Gasteiger partial charge in [0.05, 0.1) is 6.20 Å². The van der Waals surface area contributed by atoms with Gasteiger partial charge < -0.3 is 14.7 Å². The van der Waals surface area contributed by atoms with Gasteiger partial charge in [0, 0.05) is 83.9 Å². The molecule has 2 aromatic rings. The highest BCUT2D eigenvalue weighted by molar-refractivity contribution is 5.76. The van der Waals surface area contributed by atoms with Crippen molar-refractivity contribution in [3.63, 3.8) is 0 Å². The lowest BCUT2D eigenvalue weighted by Gasteiger charge is -2.37. The summed E-state index contributed by atoms with van der Waals surface area (Å²) in [6.45, 7) is 7.83. The molecular weight excluding hydrogens is 354 g/mol. The fraction of sp³-hybridized carbons (Fsp3) is 0.500. The number of aromatic nitrogens is 3. The van der Waals surface area contributed by atoms with E-state index in [-0.39, 0.29) is 5.91 Å². The van der Waals surface area contributed by atoms with Gasteiger partial charge in [0.25, 0.3) is 0 Å². The summed E-state index contributed by atoms with van der Waals surface area (Å²) in [5.74, 6) is 2.19. The van der Waals surface area contributed by atoms with Crippen LogP contribution in [-0.4, -0.2) is 89.6 Å². The third-order valence-corrected chi connectivity index (χ3v) is 5.49. The van der Waals surface area contributed by atoms with E-state index in [0.29, 0.717) is 6.42 Å². The summed E-state index contributed by atoms with van der Waals surface area (Å²) in [5.41, 5.74) is 0. The Morgan fingerprint density at radius 2 is 1.54 bits per heavy atom. The number of hydrogen-bond donors (Lipinski definition) is 0. The van der Waals surface area contributed by atoms with Gasteiger partial charge in [0.1, 0.15) is 11.6 Å². The summed E-state index contributed by atoms with van der Waals surface area (Å²) in [4.78, 5) is 34.4. The van der Waals surface area contributed by atoms with Crippen molar-refractivity contribution in [3.05, 3.63) is 43.0 Å². The van der Waals surface area contributed by atoms with E-state index in [4.69, 9.17) is 0 Å². The van der Waals surface area contributed by atoms with Gasteiger partial charge in [0.2, 0.25) is 5.91 Å². The number of pyridine rings is 1. The molecule has 2 aliphatic rings. The summed E-state index contributed by atoms with van der Waals surface area (Å²) in [6.07, 6.45) is 7.64. The third kappa shape index (κ3) is 4.56. The molecule has 0 aliphatic carbocycles. The smallest absolute Gasteiger partial charge is 0.223 e. The first-order chi connectivity index (χ1) is 13.8. The monoisotopic (exact) mass is 381 g/mol. The van der Waals surface area contributed by atoms with Crippen molar-refractivity contribution in [3.8, 4) is 0 Å². The Morgan fingerprint density at radius 1 is 0.821 bits per heavy atom. The van der Waals surface area contributed by atoms with E-state index in [1.165, 1.54) is 0 Å². The molecule has 0 radical (unpaired) electrons. The minimum Gasteiger partial charge on any atom is -0.353 e. The van der Waals surface area contributed by atoms with Gasteiger partial charge in [-0.05, 0) is 12.1 Å². The van der Waals surface area contributed by atoms with Crippen molar-refractivity contribution in [1.29, 1.82) is 0 Å². The van der Waals surface area contributed by atoms with Crippen LogP contribution in [0.1, 0.15) is 6.42 Å². The minimum absolute atomic E-state index is 0.261. The Bertz CT molecular complexity index is 742. The molecule has 0 N–H and O–H groups in total. The van der Waals surface area contributed by atoms with Crippen LogP contribution in [0.4, 0.5) is 11.6 Å². The van der Waals surface area contributed by atoms with Crippen molar-refractivity contribution in [2.45, 2.75) is 6.42 Å². The van der Waals surface area contributed by atoms with Gasteiger partial charge in [-0.15, -0.1) is 0 Å². The van der Waals surface area contributed by atoms with E-state index in [1.807, 2.05) is 35.5 Å². The zero-order chi connectivity index (χ0) is 19.2. The number of hydrogen-bond acceptors (Lipinski definition) is 7. The normalized spacial score (nSPS) is 18.4. The molecule has 2 aliphatic heterocycles. The van der Waals surface area contributed by atoms with Crippen LogP contribution in [0.25, 0.3) is 0 Å². The van der Waals surface area contributed by atoms with Gasteiger partial charge in [-0.2, -0.15) is 0 Å². The largest absolute Gasteiger partial charge is 0.353 e. The molecule has 2 saturated heterocycles. The number of amides is 1. The third-order valence-electron chi connectivity index (χ3n) is 5.49. The molecule has 1 amide bonds. The van der Waals surface area contributed by atoms with Crippen LogP contribution in [0.15, 0.2) is 43.0 Å². The maximum absolute atomic E-state index is 12.6. The van der Waals surface area contributed by atoms with E-state index in [1.54, 1.807) is 12.4 Å². The maximum atomic E-state index is 12.6. The van der Waals surface area contributed by atoms with Crippen molar-refractivity contribution < 1.29 is 4.79 Å². The molecule has 0 spiro atoms. The van der Waals surface area contributed by atoms with Crippen LogP contribution >= 0.6 is 0 Å². The van der Waals surface area contributed by atoms with Gasteiger partial charge in [-0.25, -0.2) is 9.97 Å². The first-order valence-electron chi connectivity index (χ1n) is 9.97. The topological polar surface area (TPSA) is 68.7 Å². The molecule has 148 valence electrons. The summed E-state index contributed by atoms with van der Waals surface area (Å²) in [5, 5.41) is 0. The Balaban J connectivity index is 1.18. The van der Waals surface area contributed by atoms with Crippen molar-refractivity contribution in [1.82, 2.24) is 24.8 Å². The van der Waals surface area contributed by atoms with Crippen LogP contribution < -0.4 is 9.80 Å². The van der Waals surface area contributed by atoms with E-state index >= 15 is 0 Å².